The van der Waals surface area contributed by atoms with Gasteiger partial charge in [-0.3, -0.25) is 0 Å². The molecule has 0 aromatic carbocycles. The fourth-order valence-electron chi connectivity index (χ4n) is 2.93. The maximum absolute atomic E-state index is 11.7. The molecule has 1 rings (SSSR count). The smallest absolute Gasteiger partial charge is 0.315 e. The number of carbonyl (C=O) groups is 1. The first-order chi connectivity index (χ1) is 8.24. The lowest BCUT2D eigenvalue weighted by Gasteiger charge is -2.46. The third kappa shape index (κ3) is 5.23. The number of rotatable bonds is 4. The Bertz CT molecular complexity index is 274. The van der Waals surface area contributed by atoms with Crippen LogP contribution in [0.4, 0.5) is 4.79 Å². The molecule has 0 unspecified atom stereocenters. The monoisotopic (exact) mass is 257 g/mol. The normalized spacial score (nSPS) is 22.5. The van der Waals surface area contributed by atoms with E-state index in [1.165, 1.54) is 0 Å². The zero-order valence-electron chi connectivity index (χ0n) is 12.2. The number of nitrogens with one attached hydrogen (secondary N) is 3. The summed E-state index contributed by atoms with van der Waals surface area (Å²) in [6.45, 7) is 9.77. The van der Waals surface area contributed by atoms with E-state index < -0.39 is 0 Å². The second-order valence-corrected chi connectivity index (χ2v) is 6.39. The number of ether oxygens (including phenoxy) is 1. The third-order valence-corrected chi connectivity index (χ3v) is 3.12. The summed E-state index contributed by atoms with van der Waals surface area (Å²) in [5, 5.41) is 9.43. The van der Waals surface area contributed by atoms with E-state index in [9.17, 15) is 4.79 Å². The van der Waals surface area contributed by atoms with Gasteiger partial charge in [-0.2, -0.15) is 0 Å². The summed E-state index contributed by atoms with van der Waals surface area (Å²) in [6.07, 6.45) is 1.88. The number of hydrogen-bond acceptors (Lipinski definition) is 3. The maximum atomic E-state index is 11.7. The van der Waals surface area contributed by atoms with Crippen molar-refractivity contribution >= 4 is 6.03 Å². The highest BCUT2D eigenvalue weighted by atomic mass is 16.5. The average molecular weight is 257 g/mol. The molecule has 0 spiro atoms. The van der Waals surface area contributed by atoms with Crippen molar-refractivity contribution in [3.8, 4) is 0 Å². The molecule has 3 N–H and O–H groups in total. The zero-order chi connectivity index (χ0) is 13.8. The van der Waals surface area contributed by atoms with Gasteiger partial charge in [-0.05, 0) is 40.5 Å². The van der Waals surface area contributed by atoms with E-state index in [0.717, 1.165) is 12.8 Å². The van der Waals surface area contributed by atoms with Gasteiger partial charge in [0.1, 0.15) is 0 Å². The van der Waals surface area contributed by atoms with Gasteiger partial charge in [0.05, 0.1) is 6.61 Å². The van der Waals surface area contributed by atoms with Gasteiger partial charge in [-0.25, -0.2) is 4.79 Å². The van der Waals surface area contributed by atoms with Crippen LogP contribution in [-0.2, 0) is 4.74 Å². The standard InChI is InChI=1S/C13H27N3O2/c1-12(2)8-10(9-13(3,4)16-12)15-11(17)14-6-7-18-5/h10,16H,6-9H2,1-5H3,(H2,14,15,17). The van der Waals surface area contributed by atoms with Gasteiger partial charge in [0.15, 0.2) is 0 Å². The number of piperidine rings is 1. The minimum Gasteiger partial charge on any atom is -0.383 e. The number of urea groups is 1. The molecular formula is C13H27N3O2. The highest BCUT2D eigenvalue weighted by molar-refractivity contribution is 5.74. The van der Waals surface area contributed by atoms with E-state index >= 15 is 0 Å². The van der Waals surface area contributed by atoms with Gasteiger partial charge in [-0.1, -0.05) is 0 Å². The van der Waals surface area contributed by atoms with Crippen LogP contribution in [0.3, 0.4) is 0 Å². The van der Waals surface area contributed by atoms with Crippen LogP contribution < -0.4 is 16.0 Å². The Balaban J connectivity index is 2.44. The molecule has 0 radical (unpaired) electrons. The molecule has 5 heteroatoms. The predicted octanol–water partition coefficient (Wildman–Crippen LogP) is 1.24. The van der Waals surface area contributed by atoms with Crippen LogP contribution in [-0.4, -0.2) is 43.4 Å². The Kier molecular flexibility index (Phi) is 4.99. The van der Waals surface area contributed by atoms with Crippen molar-refractivity contribution in [2.75, 3.05) is 20.3 Å². The molecule has 0 aromatic rings. The lowest BCUT2D eigenvalue weighted by atomic mass is 9.80. The van der Waals surface area contributed by atoms with Crippen LogP contribution in [0, 0.1) is 0 Å². The van der Waals surface area contributed by atoms with Crippen molar-refractivity contribution in [3.05, 3.63) is 0 Å². The molecule has 1 saturated heterocycles. The Morgan fingerprint density at radius 2 is 1.83 bits per heavy atom. The summed E-state index contributed by atoms with van der Waals surface area (Å²) >= 11 is 0. The second kappa shape index (κ2) is 5.89. The SMILES string of the molecule is COCCNC(=O)NC1CC(C)(C)NC(C)(C)C1. The Morgan fingerprint density at radius 3 is 2.33 bits per heavy atom. The Labute approximate surface area is 110 Å². The molecule has 1 heterocycles. The zero-order valence-corrected chi connectivity index (χ0v) is 12.2. The van der Waals surface area contributed by atoms with Gasteiger partial charge in [0.25, 0.3) is 0 Å². The van der Waals surface area contributed by atoms with Crippen molar-refractivity contribution < 1.29 is 9.53 Å². The van der Waals surface area contributed by atoms with Crippen LogP contribution in [0.1, 0.15) is 40.5 Å². The van der Waals surface area contributed by atoms with Gasteiger partial charge in [0.2, 0.25) is 0 Å². The van der Waals surface area contributed by atoms with Crippen LogP contribution in [0.5, 0.6) is 0 Å². The highest BCUT2D eigenvalue weighted by Crippen LogP contribution is 2.28. The van der Waals surface area contributed by atoms with Gasteiger partial charge >= 0.3 is 6.03 Å². The van der Waals surface area contributed by atoms with Gasteiger partial charge in [0, 0.05) is 30.8 Å². The van der Waals surface area contributed by atoms with E-state index in [1.807, 2.05) is 0 Å². The van der Waals surface area contributed by atoms with E-state index in [0.29, 0.717) is 13.2 Å². The molecule has 5 nitrogen and oxygen atoms in total. The molecule has 0 saturated carbocycles. The highest BCUT2D eigenvalue weighted by Gasteiger charge is 2.38. The first-order valence-electron chi connectivity index (χ1n) is 6.57. The van der Waals surface area contributed by atoms with E-state index in [-0.39, 0.29) is 23.2 Å². The number of methoxy groups -OCH3 is 1. The average Bonchev–Trinajstić information content (AvgIpc) is 2.12. The lowest BCUT2D eigenvalue weighted by Crippen LogP contribution is -2.62. The molecule has 0 bridgehead atoms. The molecule has 0 aromatic heterocycles. The number of hydrogen-bond donors (Lipinski definition) is 3. The predicted molar refractivity (Wildman–Crippen MR) is 72.7 cm³/mol. The van der Waals surface area contributed by atoms with Crippen LogP contribution in [0.2, 0.25) is 0 Å². The molecule has 0 atom stereocenters. The van der Waals surface area contributed by atoms with Crippen LogP contribution in [0.25, 0.3) is 0 Å². The summed E-state index contributed by atoms with van der Waals surface area (Å²) in [7, 11) is 1.62. The maximum Gasteiger partial charge on any atom is 0.315 e. The number of amides is 2. The van der Waals surface area contributed by atoms with Crippen molar-refractivity contribution in [2.45, 2.75) is 57.7 Å². The Hall–Kier alpha value is -0.810. The minimum absolute atomic E-state index is 0.0478. The summed E-state index contributed by atoms with van der Waals surface area (Å²) < 4.78 is 4.90. The second-order valence-electron chi connectivity index (χ2n) is 6.39. The third-order valence-electron chi connectivity index (χ3n) is 3.12. The van der Waals surface area contributed by atoms with Gasteiger partial charge < -0.3 is 20.7 Å². The van der Waals surface area contributed by atoms with E-state index in [1.54, 1.807) is 7.11 Å². The van der Waals surface area contributed by atoms with Crippen LogP contribution >= 0.6 is 0 Å². The van der Waals surface area contributed by atoms with E-state index in [4.69, 9.17) is 4.74 Å². The molecule has 2 amide bonds. The molecule has 18 heavy (non-hydrogen) atoms. The molecule has 1 aliphatic rings. The molecule has 1 aliphatic heterocycles. The first kappa shape index (κ1) is 15.2. The minimum atomic E-state index is -0.106. The fraction of sp³-hybridized carbons (Fsp3) is 0.923. The molecule has 106 valence electrons. The summed E-state index contributed by atoms with van der Waals surface area (Å²) in [6, 6.07) is 0.101. The topological polar surface area (TPSA) is 62.4 Å². The summed E-state index contributed by atoms with van der Waals surface area (Å²) in [5.74, 6) is 0. The van der Waals surface area contributed by atoms with Crippen molar-refractivity contribution in [3.63, 3.8) is 0 Å². The largest absolute Gasteiger partial charge is 0.383 e. The van der Waals surface area contributed by atoms with Crippen molar-refractivity contribution in [1.82, 2.24) is 16.0 Å². The number of carbonyl (C=O) groups excluding carboxylic acids is 1. The van der Waals surface area contributed by atoms with Crippen molar-refractivity contribution in [1.29, 1.82) is 0 Å². The molecular weight excluding hydrogens is 230 g/mol. The fourth-order valence-corrected chi connectivity index (χ4v) is 2.93. The molecule has 0 aliphatic carbocycles. The van der Waals surface area contributed by atoms with Crippen molar-refractivity contribution in [2.24, 2.45) is 0 Å². The van der Waals surface area contributed by atoms with Crippen LogP contribution in [0.15, 0.2) is 0 Å². The molecule has 1 fully saturated rings. The summed E-state index contributed by atoms with van der Waals surface area (Å²) in [5.41, 5.74) is 0.0957. The quantitative estimate of drug-likeness (QED) is 0.664. The summed E-state index contributed by atoms with van der Waals surface area (Å²) in [4.78, 5) is 11.7. The van der Waals surface area contributed by atoms with Gasteiger partial charge in [-0.15, -0.1) is 0 Å². The first-order valence-corrected chi connectivity index (χ1v) is 6.57. The van der Waals surface area contributed by atoms with E-state index in [2.05, 4.69) is 43.6 Å². The Morgan fingerprint density at radius 1 is 1.28 bits per heavy atom. The lowest BCUT2D eigenvalue weighted by molar-refractivity contribution is 0.146.